The molecular formula is C12H28N2O5S. The average Bonchev–Trinajstić information content (AvgIpc) is 2.29. The molecule has 0 spiro atoms. The second-order valence-electron chi connectivity index (χ2n) is 4.40. The normalized spacial score (nSPS) is 10.5. The van der Waals surface area contributed by atoms with E-state index in [4.69, 9.17) is 0 Å². The van der Waals surface area contributed by atoms with Gasteiger partial charge in [-0.3, -0.25) is 8.98 Å². The molecule has 0 aliphatic heterocycles. The number of quaternary nitrogens is 1. The molecule has 0 saturated heterocycles. The maximum absolute atomic E-state index is 9.47. The molecule has 0 aliphatic rings. The smallest absolute Gasteiger partial charge is 0.240 e. The van der Waals surface area contributed by atoms with Crippen LogP contribution >= 0.6 is 0 Å². The van der Waals surface area contributed by atoms with Crippen LogP contribution in [0.1, 0.15) is 27.2 Å². The fraction of sp³-hybridized carbons (Fsp3) is 0.750. The molecule has 1 amide bonds. The molecule has 0 unspecified atom stereocenters. The second-order valence-corrected chi connectivity index (χ2v) is 5.45. The molecule has 8 heteroatoms. The Balaban J connectivity index is -0.000000223. The Labute approximate surface area is 122 Å². The molecular weight excluding hydrogens is 284 g/mol. The van der Waals surface area contributed by atoms with Crippen molar-refractivity contribution in [1.82, 2.24) is 0 Å². The quantitative estimate of drug-likeness (QED) is 0.335. The zero-order valence-corrected chi connectivity index (χ0v) is 13.9. The Bertz CT molecular complexity index is 353. The highest BCUT2D eigenvalue weighted by Gasteiger charge is 2.07. The number of rotatable bonds is 6. The van der Waals surface area contributed by atoms with Crippen molar-refractivity contribution in [3.05, 3.63) is 12.7 Å². The van der Waals surface area contributed by atoms with Crippen LogP contribution in [0.4, 0.5) is 0 Å². The van der Waals surface area contributed by atoms with E-state index in [1.807, 2.05) is 0 Å². The van der Waals surface area contributed by atoms with Crippen molar-refractivity contribution in [1.29, 1.82) is 0 Å². The van der Waals surface area contributed by atoms with Crippen molar-refractivity contribution in [2.45, 2.75) is 27.2 Å². The zero-order chi connectivity index (χ0) is 16.8. The molecule has 0 radical (unpaired) electrons. The van der Waals surface area contributed by atoms with Crippen LogP contribution in [0.25, 0.3) is 0 Å². The summed E-state index contributed by atoms with van der Waals surface area (Å²) in [4.78, 5) is 9.47. The van der Waals surface area contributed by atoms with Crippen molar-refractivity contribution >= 4 is 16.3 Å². The van der Waals surface area contributed by atoms with Gasteiger partial charge in [0.25, 0.3) is 0 Å². The van der Waals surface area contributed by atoms with Crippen LogP contribution in [-0.2, 0) is 19.4 Å². The van der Waals surface area contributed by atoms with Crippen LogP contribution in [0.15, 0.2) is 12.7 Å². The number of carbonyl (C=O) groups excluding carboxylic acids is 1. The SMILES string of the molecule is C=CC(N)=O.CCC[N+](C)(C)CC.CCOS(=O)(=O)[O-]. The Morgan fingerprint density at radius 2 is 1.75 bits per heavy atom. The third kappa shape index (κ3) is 30.2. The molecule has 0 aromatic heterocycles. The molecule has 0 fully saturated rings. The summed E-state index contributed by atoms with van der Waals surface area (Å²) in [6.07, 6.45) is 2.35. The van der Waals surface area contributed by atoms with Crippen LogP contribution in [0, 0.1) is 0 Å². The fourth-order valence-electron chi connectivity index (χ4n) is 0.908. The molecule has 0 heterocycles. The Kier molecular flexibility index (Phi) is 15.7. The zero-order valence-electron chi connectivity index (χ0n) is 13.1. The predicted octanol–water partition coefficient (Wildman–Crippen LogP) is 0.634. The van der Waals surface area contributed by atoms with Crippen LogP contribution in [-0.4, -0.2) is 57.2 Å². The first-order valence-corrected chi connectivity index (χ1v) is 7.63. The summed E-state index contributed by atoms with van der Waals surface area (Å²) in [6, 6.07) is 0. The van der Waals surface area contributed by atoms with E-state index in [0.29, 0.717) is 0 Å². The topological polar surface area (TPSA) is 110 Å². The number of amides is 1. The monoisotopic (exact) mass is 312 g/mol. The minimum Gasteiger partial charge on any atom is -0.726 e. The number of nitrogens with two attached hydrogens (primary N) is 1. The van der Waals surface area contributed by atoms with Gasteiger partial charge in [0, 0.05) is 0 Å². The fourth-order valence-corrected chi connectivity index (χ4v) is 1.20. The van der Waals surface area contributed by atoms with E-state index < -0.39 is 16.3 Å². The molecule has 0 saturated carbocycles. The van der Waals surface area contributed by atoms with Crippen LogP contribution in [0.5, 0.6) is 0 Å². The van der Waals surface area contributed by atoms with Gasteiger partial charge in [-0.05, 0) is 26.3 Å². The number of nitrogens with zero attached hydrogens (tertiary/aromatic N) is 1. The highest BCUT2D eigenvalue weighted by molar-refractivity contribution is 7.80. The van der Waals surface area contributed by atoms with E-state index in [0.717, 1.165) is 10.6 Å². The number of hydrogen-bond acceptors (Lipinski definition) is 5. The first kappa shape index (κ1) is 24.1. The van der Waals surface area contributed by atoms with Crippen molar-refractivity contribution in [3.8, 4) is 0 Å². The van der Waals surface area contributed by atoms with Gasteiger partial charge in [-0.15, -0.1) is 0 Å². The summed E-state index contributed by atoms with van der Waals surface area (Å²) >= 11 is 0. The van der Waals surface area contributed by atoms with Gasteiger partial charge in [0.05, 0.1) is 33.8 Å². The van der Waals surface area contributed by atoms with Gasteiger partial charge >= 0.3 is 0 Å². The predicted molar refractivity (Wildman–Crippen MR) is 78.5 cm³/mol. The Morgan fingerprint density at radius 1 is 1.35 bits per heavy atom. The van der Waals surface area contributed by atoms with Crippen LogP contribution in [0.3, 0.4) is 0 Å². The van der Waals surface area contributed by atoms with Gasteiger partial charge in [-0.2, -0.15) is 0 Å². The number of carbonyl (C=O) groups is 1. The van der Waals surface area contributed by atoms with Gasteiger partial charge < -0.3 is 14.8 Å². The molecule has 0 aromatic carbocycles. The maximum Gasteiger partial charge on any atom is 0.240 e. The van der Waals surface area contributed by atoms with E-state index >= 15 is 0 Å². The molecule has 0 rings (SSSR count). The van der Waals surface area contributed by atoms with Crippen molar-refractivity contribution in [2.24, 2.45) is 5.73 Å². The van der Waals surface area contributed by atoms with Gasteiger partial charge in [-0.25, -0.2) is 8.42 Å². The molecule has 0 bridgehead atoms. The highest BCUT2D eigenvalue weighted by Crippen LogP contribution is 1.96. The lowest BCUT2D eigenvalue weighted by Crippen LogP contribution is -2.39. The van der Waals surface area contributed by atoms with Gasteiger partial charge in [0.15, 0.2) is 0 Å². The minimum atomic E-state index is -4.42. The summed E-state index contributed by atoms with van der Waals surface area (Å²) in [5.74, 6) is -0.481. The molecule has 0 aliphatic carbocycles. The maximum atomic E-state index is 9.47. The lowest BCUT2D eigenvalue weighted by atomic mass is 10.4. The lowest BCUT2D eigenvalue weighted by molar-refractivity contribution is -0.888. The van der Waals surface area contributed by atoms with Gasteiger partial charge in [0.2, 0.25) is 16.3 Å². The third-order valence-corrected chi connectivity index (χ3v) is 2.67. The summed E-state index contributed by atoms with van der Waals surface area (Å²) in [5.41, 5.74) is 4.53. The Morgan fingerprint density at radius 3 is 1.80 bits per heavy atom. The molecule has 7 nitrogen and oxygen atoms in total. The van der Waals surface area contributed by atoms with Crippen molar-refractivity contribution < 1.29 is 26.4 Å². The average molecular weight is 312 g/mol. The standard InChI is InChI=1S/C7H18N.C3H5NO.C2H6O4S/c1-5-7-8(3,4)6-2;1-2-3(4)5;1-2-6-7(3,4)5/h5-7H2,1-4H3;2H,1H2,(H2,4,5);2H2,1H3,(H,3,4,5)/q+1;;/p-1. The van der Waals surface area contributed by atoms with Gasteiger partial charge in [0.1, 0.15) is 0 Å². The van der Waals surface area contributed by atoms with Crippen molar-refractivity contribution in [3.63, 3.8) is 0 Å². The third-order valence-electron chi connectivity index (χ3n) is 2.15. The summed E-state index contributed by atoms with van der Waals surface area (Å²) in [6.45, 7) is 11.4. The number of primary amides is 1. The van der Waals surface area contributed by atoms with E-state index in [-0.39, 0.29) is 6.61 Å². The first-order valence-electron chi connectivity index (χ1n) is 6.29. The largest absolute Gasteiger partial charge is 0.726 e. The second kappa shape index (κ2) is 13.0. The van der Waals surface area contributed by atoms with E-state index in [2.05, 4.69) is 44.4 Å². The van der Waals surface area contributed by atoms with Crippen molar-refractivity contribution in [2.75, 3.05) is 33.8 Å². The highest BCUT2D eigenvalue weighted by atomic mass is 32.3. The summed E-state index contributed by atoms with van der Waals surface area (Å²) in [5, 5.41) is 0. The lowest BCUT2D eigenvalue weighted by Gasteiger charge is -2.27. The molecule has 0 atom stereocenters. The summed E-state index contributed by atoms with van der Waals surface area (Å²) in [7, 11) is 0.111. The van der Waals surface area contributed by atoms with Gasteiger partial charge in [-0.1, -0.05) is 13.5 Å². The van der Waals surface area contributed by atoms with E-state index in [1.54, 1.807) is 0 Å². The minimum absolute atomic E-state index is 0.0914. The number of hydrogen-bond donors (Lipinski definition) is 1. The van der Waals surface area contributed by atoms with E-state index in [9.17, 15) is 17.8 Å². The molecule has 2 N–H and O–H groups in total. The molecule has 122 valence electrons. The van der Waals surface area contributed by atoms with Crippen LogP contribution in [0.2, 0.25) is 0 Å². The molecule has 0 aromatic rings. The molecule has 20 heavy (non-hydrogen) atoms. The summed E-state index contributed by atoms with van der Waals surface area (Å²) < 4.78 is 33.2. The van der Waals surface area contributed by atoms with E-state index in [1.165, 1.54) is 26.4 Å². The first-order chi connectivity index (χ1) is 8.95. The Hall–Kier alpha value is -0.960. The van der Waals surface area contributed by atoms with Crippen LogP contribution < -0.4 is 5.73 Å².